The molecule has 0 N–H and O–H groups in total. The SMILES string of the molecule is c1ccc(-n2c3cc(-c4ccc(N(c5ccc6c(c5)C(c5ccccc5)(c5ccccc5)c5ccccc5-6)c5cc6ccccc6c6ccccc56)cc4)ccc3c3ccc4ccccc4c32)cc1. The summed E-state index contributed by atoms with van der Waals surface area (Å²) in [5.41, 5.74) is 16.3. The maximum Gasteiger partial charge on any atom is 0.0714 e. The van der Waals surface area contributed by atoms with Gasteiger partial charge < -0.3 is 9.47 Å². The number of hydrogen-bond acceptors (Lipinski definition) is 1. The lowest BCUT2D eigenvalue weighted by atomic mass is 9.67. The first-order chi connectivity index (χ1) is 34.2. The van der Waals surface area contributed by atoms with Gasteiger partial charge in [-0.3, -0.25) is 0 Å². The van der Waals surface area contributed by atoms with E-state index in [2.05, 4.69) is 276 Å². The summed E-state index contributed by atoms with van der Waals surface area (Å²) in [6, 6.07) is 98.7. The Morgan fingerprint density at radius 2 is 0.884 bits per heavy atom. The zero-order valence-electron chi connectivity index (χ0n) is 37.8. The Morgan fingerprint density at radius 1 is 0.319 bits per heavy atom. The molecular weight excluding hydrogens is 833 g/mol. The molecule has 0 unspecified atom stereocenters. The van der Waals surface area contributed by atoms with Crippen molar-refractivity contribution < 1.29 is 0 Å². The van der Waals surface area contributed by atoms with Crippen molar-refractivity contribution in [2.75, 3.05) is 4.90 Å². The van der Waals surface area contributed by atoms with Crippen LogP contribution >= 0.6 is 0 Å². The molecule has 13 aromatic rings. The Kier molecular flexibility index (Phi) is 8.84. The first-order valence-corrected chi connectivity index (χ1v) is 23.9. The van der Waals surface area contributed by atoms with E-state index in [1.54, 1.807) is 0 Å². The first-order valence-electron chi connectivity index (χ1n) is 23.9. The van der Waals surface area contributed by atoms with Crippen LogP contribution < -0.4 is 4.90 Å². The van der Waals surface area contributed by atoms with Crippen LogP contribution in [0.25, 0.3) is 82.1 Å². The number of rotatable bonds is 7. The minimum Gasteiger partial charge on any atom is -0.310 e. The van der Waals surface area contributed by atoms with Crippen molar-refractivity contribution in [2.45, 2.75) is 5.41 Å². The average molecular weight is 877 g/mol. The van der Waals surface area contributed by atoms with E-state index in [1.807, 2.05) is 0 Å². The van der Waals surface area contributed by atoms with E-state index >= 15 is 0 Å². The second-order valence-corrected chi connectivity index (χ2v) is 18.4. The molecule has 0 spiro atoms. The van der Waals surface area contributed by atoms with E-state index in [-0.39, 0.29) is 0 Å². The zero-order chi connectivity index (χ0) is 45.5. The summed E-state index contributed by atoms with van der Waals surface area (Å²) in [5, 5.41) is 9.89. The molecule has 0 saturated heterocycles. The molecule has 1 aliphatic rings. The maximum absolute atomic E-state index is 2.49. The smallest absolute Gasteiger partial charge is 0.0714 e. The molecule has 2 heteroatoms. The van der Waals surface area contributed by atoms with Crippen LogP contribution in [0.2, 0.25) is 0 Å². The Labute approximate surface area is 401 Å². The van der Waals surface area contributed by atoms with Crippen LogP contribution in [-0.4, -0.2) is 4.57 Å². The van der Waals surface area contributed by atoms with Crippen LogP contribution in [0, 0.1) is 0 Å². The van der Waals surface area contributed by atoms with Crippen LogP contribution in [0.15, 0.2) is 267 Å². The van der Waals surface area contributed by atoms with E-state index in [9.17, 15) is 0 Å². The number of nitrogens with zero attached hydrogens (tertiary/aromatic N) is 2. The normalized spacial score (nSPS) is 12.8. The summed E-state index contributed by atoms with van der Waals surface area (Å²) in [6.07, 6.45) is 0. The molecule has 0 atom stereocenters. The number of fused-ring (bicyclic) bond motifs is 11. The highest BCUT2D eigenvalue weighted by Crippen LogP contribution is 2.57. The Hall–Kier alpha value is -8.98. The fourth-order valence-electron chi connectivity index (χ4n) is 11.8. The summed E-state index contributed by atoms with van der Waals surface area (Å²) >= 11 is 0. The lowest BCUT2D eigenvalue weighted by Gasteiger charge is -2.35. The molecule has 69 heavy (non-hydrogen) atoms. The van der Waals surface area contributed by atoms with Gasteiger partial charge in [-0.25, -0.2) is 0 Å². The monoisotopic (exact) mass is 876 g/mol. The highest BCUT2D eigenvalue weighted by atomic mass is 15.1. The van der Waals surface area contributed by atoms with Gasteiger partial charge >= 0.3 is 0 Å². The molecule has 1 heterocycles. The Bertz CT molecular complexity index is 4070. The molecule has 0 amide bonds. The standard InChI is InChI=1S/C67H44N2/c1-4-20-49(21-5-1)67(50-22-6-2-7-23-50)62-31-17-16-29-57(62)58-41-38-53(44-63(58)67)68(64-43-48-19-11-12-26-54(48)56-28-14-15-30-59(56)64)52-36-32-45(33-37-52)47-35-39-60-61-40-34-46-18-10-13-27-55(46)66(61)69(65(60)42-47)51-24-8-3-9-25-51/h1-44H. The van der Waals surface area contributed by atoms with Gasteiger partial charge in [-0.2, -0.15) is 0 Å². The molecule has 0 saturated carbocycles. The predicted octanol–water partition coefficient (Wildman–Crippen LogP) is 17.7. The average Bonchev–Trinajstić information content (AvgIpc) is 3.92. The summed E-state index contributed by atoms with van der Waals surface area (Å²) in [5.74, 6) is 0. The fraction of sp³-hybridized carbons (Fsp3) is 0.0149. The molecule has 322 valence electrons. The van der Waals surface area contributed by atoms with E-state index in [4.69, 9.17) is 0 Å². The van der Waals surface area contributed by atoms with Crippen molar-refractivity contribution in [2.24, 2.45) is 0 Å². The second-order valence-electron chi connectivity index (χ2n) is 18.4. The van der Waals surface area contributed by atoms with Crippen molar-refractivity contribution in [3.05, 3.63) is 289 Å². The number of anilines is 3. The molecule has 12 aromatic carbocycles. The summed E-state index contributed by atoms with van der Waals surface area (Å²) in [4.78, 5) is 2.49. The van der Waals surface area contributed by atoms with Gasteiger partial charge in [-0.15, -0.1) is 0 Å². The molecule has 2 nitrogen and oxygen atoms in total. The van der Waals surface area contributed by atoms with Gasteiger partial charge in [0.2, 0.25) is 0 Å². The molecule has 1 aromatic heterocycles. The van der Waals surface area contributed by atoms with Crippen LogP contribution in [0.3, 0.4) is 0 Å². The fourth-order valence-corrected chi connectivity index (χ4v) is 11.8. The molecule has 1 aliphatic carbocycles. The molecule has 0 bridgehead atoms. The number of benzene rings is 12. The number of hydrogen-bond donors (Lipinski definition) is 0. The summed E-state index contributed by atoms with van der Waals surface area (Å²) < 4.78 is 2.45. The summed E-state index contributed by atoms with van der Waals surface area (Å²) in [6.45, 7) is 0. The lowest BCUT2D eigenvalue weighted by Crippen LogP contribution is -2.28. The predicted molar refractivity (Wildman–Crippen MR) is 291 cm³/mol. The minimum absolute atomic E-state index is 0.529. The third-order valence-electron chi connectivity index (χ3n) is 14.8. The van der Waals surface area contributed by atoms with Gasteiger partial charge in [-0.05, 0) is 115 Å². The lowest BCUT2D eigenvalue weighted by molar-refractivity contribution is 0.768. The van der Waals surface area contributed by atoms with Crippen LogP contribution in [0.1, 0.15) is 22.3 Å². The van der Waals surface area contributed by atoms with Crippen LogP contribution in [-0.2, 0) is 5.41 Å². The van der Waals surface area contributed by atoms with Gasteiger partial charge in [0, 0.05) is 38.6 Å². The van der Waals surface area contributed by atoms with E-state index in [0.717, 1.165) is 28.3 Å². The minimum atomic E-state index is -0.529. The number of para-hydroxylation sites is 1. The van der Waals surface area contributed by atoms with Crippen molar-refractivity contribution in [3.8, 4) is 27.9 Å². The van der Waals surface area contributed by atoms with Gasteiger partial charge in [0.05, 0.1) is 22.1 Å². The van der Waals surface area contributed by atoms with Crippen molar-refractivity contribution in [1.29, 1.82) is 0 Å². The van der Waals surface area contributed by atoms with Crippen molar-refractivity contribution in [1.82, 2.24) is 4.57 Å². The van der Waals surface area contributed by atoms with E-state index in [1.165, 1.54) is 93.1 Å². The summed E-state index contributed by atoms with van der Waals surface area (Å²) in [7, 11) is 0. The largest absolute Gasteiger partial charge is 0.310 e. The molecular formula is C67H44N2. The van der Waals surface area contributed by atoms with Crippen LogP contribution in [0.4, 0.5) is 17.1 Å². The second kappa shape index (κ2) is 15.6. The zero-order valence-corrected chi connectivity index (χ0v) is 37.8. The highest BCUT2D eigenvalue weighted by Gasteiger charge is 2.46. The topological polar surface area (TPSA) is 8.17 Å². The van der Waals surface area contributed by atoms with E-state index < -0.39 is 5.41 Å². The number of aromatic nitrogens is 1. The van der Waals surface area contributed by atoms with Gasteiger partial charge in [-0.1, -0.05) is 218 Å². The van der Waals surface area contributed by atoms with Gasteiger partial charge in [0.1, 0.15) is 0 Å². The van der Waals surface area contributed by atoms with Crippen molar-refractivity contribution in [3.63, 3.8) is 0 Å². The Morgan fingerprint density at radius 3 is 1.64 bits per heavy atom. The first kappa shape index (κ1) is 39.2. The van der Waals surface area contributed by atoms with Gasteiger partial charge in [0.25, 0.3) is 0 Å². The maximum atomic E-state index is 2.49. The van der Waals surface area contributed by atoms with Gasteiger partial charge in [0.15, 0.2) is 0 Å². The Balaban J connectivity index is 0.985. The van der Waals surface area contributed by atoms with E-state index in [0.29, 0.717) is 0 Å². The van der Waals surface area contributed by atoms with Crippen molar-refractivity contribution >= 4 is 71.2 Å². The molecule has 0 aliphatic heterocycles. The highest BCUT2D eigenvalue weighted by molar-refractivity contribution is 6.19. The molecule has 14 rings (SSSR count). The molecule has 0 fully saturated rings. The quantitative estimate of drug-likeness (QED) is 0.145. The third-order valence-corrected chi connectivity index (χ3v) is 14.8. The van der Waals surface area contributed by atoms with Crippen LogP contribution in [0.5, 0.6) is 0 Å². The third kappa shape index (κ3) is 5.92. The molecule has 0 radical (unpaired) electrons.